The molecule has 1 aliphatic rings. The van der Waals surface area contributed by atoms with Crippen molar-refractivity contribution in [3.05, 3.63) is 35.9 Å². The highest BCUT2D eigenvalue weighted by molar-refractivity contribution is 7.65. The lowest BCUT2D eigenvalue weighted by Crippen LogP contribution is -2.54. The predicted molar refractivity (Wildman–Crippen MR) is 131 cm³/mol. The molecule has 0 bridgehead atoms. The van der Waals surface area contributed by atoms with Crippen molar-refractivity contribution in [1.82, 2.24) is 10.6 Å². The van der Waals surface area contributed by atoms with Gasteiger partial charge in [0.05, 0.1) is 12.6 Å². The molecule has 9 heteroatoms. The van der Waals surface area contributed by atoms with Gasteiger partial charge < -0.3 is 16.4 Å². The Bertz CT molecular complexity index is 782. The van der Waals surface area contributed by atoms with Crippen LogP contribution in [0.4, 0.5) is 0 Å². The molecule has 0 spiro atoms. The Kier molecular flexibility index (Phi) is 10.9. The third kappa shape index (κ3) is 9.88. The molecule has 1 aliphatic carbocycles. The third-order valence-corrected chi connectivity index (χ3v) is 8.06. The zero-order chi connectivity index (χ0) is 24.4. The summed E-state index contributed by atoms with van der Waals surface area (Å²) in [5.41, 5.74) is 6.77. The van der Waals surface area contributed by atoms with Gasteiger partial charge in [-0.05, 0) is 30.2 Å². The number of carbonyl (C=O) groups excluding carboxylic acids is 3. The molecule has 1 aromatic rings. The SMILES string of the molecule is CC(C)[C@H](N)C(=O)N[C@@H](Cc1ccccc1)C(=O)NCC(=O)C[P+](O)(O)CC1CCCCC1. The summed E-state index contributed by atoms with van der Waals surface area (Å²) < 4.78 is 0. The molecule has 1 aromatic carbocycles. The topological polar surface area (TPSA) is 142 Å². The molecule has 2 amide bonds. The quantitative estimate of drug-likeness (QED) is 0.289. The van der Waals surface area contributed by atoms with Crippen LogP contribution < -0.4 is 16.4 Å². The Morgan fingerprint density at radius 1 is 1.06 bits per heavy atom. The lowest BCUT2D eigenvalue weighted by atomic mass is 9.91. The van der Waals surface area contributed by atoms with E-state index >= 15 is 0 Å². The Morgan fingerprint density at radius 3 is 2.30 bits per heavy atom. The van der Waals surface area contributed by atoms with Crippen LogP contribution in [0.1, 0.15) is 51.5 Å². The van der Waals surface area contributed by atoms with E-state index in [1.165, 1.54) is 6.42 Å². The van der Waals surface area contributed by atoms with Crippen LogP contribution in [0.25, 0.3) is 0 Å². The minimum atomic E-state index is -3.34. The molecule has 1 saturated carbocycles. The Balaban J connectivity index is 1.93. The molecule has 0 aromatic heterocycles. The molecule has 2 rings (SSSR count). The summed E-state index contributed by atoms with van der Waals surface area (Å²) in [4.78, 5) is 58.5. The minimum Gasteiger partial charge on any atom is -0.347 e. The summed E-state index contributed by atoms with van der Waals surface area (Å²) in [6, 6.07) is 7.58. The van der Waals surface area contributed by atoms with Crippen molar-refractivity contribution >= 4 is 25.3 Å². The molecule has 0 radical (unpaired) electrons. The van der Waals surface area contributed by atoms with Gasteiger partial charge in [-0.15, -0.1) is 0 Å². The molecule has 2 atom stereocenters. The number of ketones is 1. The van der Waals surface area contributed by atoms with Crippen molar-refractivity contribution in [2.24, 2.45) is 17.6 Å². The van der Waals surface area contributed by atoms with Crippen molar-refractivity contribution in [1.29, 1.82) is 0 Å². The average Bonchev–Trinajstić information content (AvgIpc) is 2.77. The van der Waals surface area contributed by atoms with Crippen LogP contribution in [0, 0.1) is 11.8 Å². The Labute approximate surface area is 197 Å². The van der Waals surface area contributed by atoms with E-state index < -0.39 is 37.4 Å². The zero-order valence-corrected chi connectivity index (χ0v) is 20.6. The number of Topliss-reactive ketones (excluding diaryl/α,β-unsaturated/α-hetero) is 1. The van der Waals surface area contributed by atoms with Gasteiger partial charge in [0.1, 0.15) is 12.2 Å². The van der Waals surface area contributed by atoms with Crippen LogP contribution >= 0.6 is 7.72 Å². The second-order valence-electron chi connectivity index (χ2n) is 9.50. The molecular formula is C24H39N3O5P+. The normalized spacial score (nSPS) is 16.8. The van der Waals surface area contributed by atoms with Crippen molar-refractivity contribution in [2.75, 3.05) is 18.9 Å². The van der Waals surface area contributed by atoms with Crippen LogP contribution in [0.3, 0.4) is 0 Å². The van der Waals surface area contributed by atoms with E-state index in [0.29, 0.717) is 0 Å². The van der Waals surface area contributed by atoms with Crippen molar-refractivity contribution in [2.45, 2.75) is 64.5 Å². The second kappa shape index (κ2) is 13.1. The number of benzene rings is 1. The summed E-state index contributed by atoms with van der Waals surface area (Å²) in [6.45, 7) is 3.33. The van der Waals surface area contributed by atoms with Gasteiger partial charge in [-0.1, -0.05) is 63.4 Å². The second-order valence-corrected chi connectivity index (χ2v) is 11.9. The first kappa shape index (κ1) is 27.4. The molecule has 0 unspecified atom stereocenters. The minimum absolute atomic E-state index is 0.0950. The number of carbonyl (C=O) groups is 3. The molecular weight excluding hydrogens is 441 g/mol. The highest BCUT2D eigenvalue weighted by Gasteiger charge is 2.39. The first-order chi connectivity index (χ1) is 15.6. The first-order valence-corrected chi connectivity index (χ1v) is 13.9. The van der Waals surface area contributed by atoms with Gasteiger partial charge in [0.2, 0.25) is 11.8 Å². The first-order valence-electron chi connectivity index (χ1n) is 11.8. The monoisotopic (exact) mass is 480 g/mol. The standard InChI is InChI=1S/C24H38N3O5P/c1-17(2)22(25)24(30)27-21(13-18-9-5-3-6-10-18)23(29)26-14-20(28)16-33(31,32)15-19-11-7-4-8-12-19/h3,5-6,9-10,17,19,21-22,31-32H,4,7-8,11-16,25H2,1-2H3,(H-,26,27,29,30)/p+1/t21-,22-/m0/s1. The zero-order valence-electron chi connectivity index (χ0n) is 19.7. The van der Waals surface area contributed by atoms with E-state index in [0.717, 1.165) is 31.2 Å². The molecule has 33 heavy (non-hydrogen) atoms. The summed E-state index contributed by atoms with van der Waals surface area (Å²) >= 11 is 0. The van der Waals surface area contributed by atoms with Gasteiger partial charge in [-0.25, -0.2) is 9.79 Å². The molecule has 6 N–H and O–H groups in total. The maximum Gasteiger partial charge on any atom is 0.275 e. The smallest absolute Gasteiger partial charge is 0.275 e. The number of nitrogens with two attached hydrogens (primary N) is 1. The fraction of sp³-hybridized carbons (Fsp3) is 0.625. The van der Waals surface area contributed by atoms with Crippen molar-refractivity contribution < 1.29 is 24.2 Å². The van der Waals surface area contributed by atoms with E-state index in [9.17, 15) is 24.2 Å². The lowest BCUT2D eigenvalue weighted by molar-refractivity contribution is -0.130. The number of rotatable bonds is 12. The fourth-order valence-electron chi connectivity index (χ4n) is 4.12. The van der Waals surface area contributed by atoms with Crippen molar-refractivity contribution in [3.63, 3.8) is 0 Å². The van der Waals surface area contributed by atoms with Crippen LogP contribution in [0.15, 0.2) is 30.3 Å². The van der Waals surface area contributed by atoms with Crippen LogP contribution in [-0.2, 0) is 20.8 Å². The van der Waals surface area contributed by atoms with Gasteiger partial charge in [0.25, 0.3) is 7.72 Å². The number of amides is 2. The van der Waals surface area contributed by atoms with Gasteiger partial charge in [-0.3, -0.25) is 14.4 Å². The molecule has 0 saturated heterocycles. The highest BCUT2D eigenvalue weighted by atomic mass is 31.2. The Hall–Kier alpha value is -1.86. The van der Waals surface area contributed by atoms with E-state index in [-0.39, 0.29) is 37.1 Å². The van der Waals surface area contributed by atoms with Gasteiger partial charge in [0, 0.05) is 6.42 Å². The van der Waals surface area contributed by atoms with Crippen LogP contribution in [-0.4, -0.2) is 58.3 Å². The van der Waals surface area contributed by atoms with Crippen molar-refractivity contribution in [3.8, 4) is 0 Å². The molecule has 1 fully saturated rings. The van der Waals surface area contributed by atoms with Crippen LogP contribution in [0.2, 0.25) is 0 Å². The van der Waals surface area contributed by atoms with Gasteiger partial charge >= 0.3 is 0 Å². The lowest BCUT2D eigenvalue weighted by Gasteiger charge is -2.23. The number of hydrogen-bond acceptors (Lipinski definition) is 6. The maximum absolute atomic E-state index is 12.8. The average molecular weight is 481 g/mol. The third-order valence-electron chi connectivity index (χ3n) is 6.10. The number of hydrogen-bond donors (Lipinski definition) is 5. The molecule has 0 heterocycles. The fourth-order valence-corrected chi connectivity index (χ4v) is 6.12. The van der Waals surface area contributed by atoms with E-state index in [4.69, 9.17) is 5.73 Å². The van der Waals surface area contributed by atoms with E-state index in [1.54, 1.807) is 0 Å². The largest absolute Gasteiger partial charge is 0.347 e. The van der Waals surface area contributed by atoms with E-state index in [2.05, 4.69) is 10.6 Å². The van der Waals surface area contributed by atoms with Gasteiger partial charge in [0.15, 0.2) is 11.9 Å². The highest BCUT2D eigenvalue weighted by Crippen LogP contribution is 2.52. The molecule has 0 aliphatic heterocycles. The summed E-state index contributed by atoms with van der Waals surface area (Å²) in [6.07, 6.45) is 5.46. The van der Waals surface area contributed by atoms with E-state index in [1.807, 2.05) is 44.2 Å². The van der Waals surface area contributed by atoms with Crippen LogP contribution in [0.5, 0.6) is 0 Å². The Morgan fingerprint density at radius 2 is 1.70 bits per heavy atom. The molecule has 184 valence electrons. The van der Waals surface area contributed by atoms with Gasteiger partial charge in [-0.2, -0.15) is 0 Å². The summed E-state index contributed by atoms with van der Waals surface area (Å²) in [7, 11) is -3.34. The number of nitrogens with one attached hydrogen (secondary N) is 2. The predicted octanol–water partition coefficient (Wildman–Crippen LogP) is 1.79. The summed E-state index contributed by atoms with van der Waals surface area (Å²) in [5.74, 6) is -1.22. The summed E-state index contributed by atoms with van der Waals surface area (Å²) in [5, 5.41) is 5.25. The molecule has 8 nitrogen and oxygen atoms in total. The maximum atomic E-state index is 12.8.